The number of ether oxygens (including phenoxy) is 3. The Kier molecular flexibility index (Phi) is 13.1. The van der Waals surface area contributed by atoms with Crippen molar-refractivity contribution in [2.75, 3.05) is 6.61 Å². The highest BCUT2D eigenvalue weighted by atomic mass is 16.7. The second-order valence-electron chi connectivity index (χ2n) is 14.4. The van der Waals surface area contributed by atoms with Crippen LogP contribution in [-0.2, 0) is 28.6 Å². The Morgan fingerprint density at radius 1 is 1.00 bits per heavy atom. The van der Waals surface area contributed by atoms with Crippen LogP contribution in [0.4, 0.5) is 0 Å². The first kappa shape index (κ1) is 35.5. The van der Waals surface area contributed by atoms with Gasteiger partial charge in [-0.2, -0.15) is 0 Å². The molecule has 0 aromatic rings. The maximum Gasteiger partial charge on any atom is 0.314 e. The van der Waals surface area contributed by atoms with Crippen LogP contribution in [0, 0.1) is 34.5 Å². The van der Waals surface area contributed by atoms with Crippen LogP contribution >= 0.6 is 0 Å². The standard InChI is InChI=1S/C33H58O8/c1-9-32(7,29(36)37)16-12-17-33(8,30(38)40-27-13-10-11-18-39-27)21-23(3)19-24(4)28(35)41-31(5,6)25-15-14-22(2)20-26(25)34/h22-27,34H,9-21H2,1-8H3,(H,36,37). The average Bonchev–Trinajstić information content (AvgIpc) is 2.88. The molecule has 2 rings (SSSR count). The first-order valence-corrected chi connectivity index (χ1v) is 16.0. The highest BCUT2D eigenvalue weighted by Crippen LogP contribution is 2.40. The summed E-state index contributed by atoms with van der Waals surface area (Å²) in [5.41, 5.74) is -2.43. The molecule has 2 fully saturated rings. The van der Waals surface area contributed by atoms with Gasteiger partial charge in [-0.3, -0.25) is 14.4 Å². The Morgan fingerprint density at radius 2 is 1.66 bits per heavy atom. The number of hydrogen-bond donors (Lipinski definition) is 2. The Morgan fingerprint density at radius 3 is 2.22 bits per heavy atom. The molecule has 1 aliphatic carbocycles. The third-order valence-corrected chi connectivity index (χ3v) is 9.92. The van der Waals surface area contributed by atoms with E-state index in [0.29, 0.717) is 57.5 Å². The number of aliphatic hydroxyl groups is 1. The Balaban J connectivity index is 2.05. The molecule has 8 nitrogen and oxygen atoms in total. The number of aliphatic hydroxyl groups excluding tert-OH is 1. The fourth-order valence-electron chi connectivity index (χ4n) is 6.81. The van der Waals surface area contributed by atoms with Gasteiger partial charge >= 0.3 is 17.9 Å². The zero-order chi connectivity index (χ0) is 31.0. The van der Waals surface area contributed by atoms with Gasteiger partial charge in [-0.1, -0.05) is 40.5 Å². The SMILES string of the molecule is CCC(C)(CCCC(C)(CC(C)CC(C)C(=O)OC(C)(C)C1CCC(C)CC1O)C(=O)OC1CCCCO1)C(=O)O. The maximum absolute atomic E-state index is 13.5. The Hall–Kier alpha value is -1.67. The molecule has 238 valence electrons. The summed E-state index contributed by atoms with van der Waals surface area (Å²) in [6.45, 7) is 15.9. The van der Waals surface area contributed by atoms with Crippen LogP contribution in [0.2, 0.25) is 0 Å². The van der Waals surface area contributed by atoms with Crippen molar-refractivity contribution in [2.45, 2.75) is 150 Å². The lowest BCUT2D eigenvalue weighted by Crippen LogP contribution is -2.46. The minimum atomic E-state index is -0.835. The second kappa shape index (κ2) is 15.2. The number of carboxylic acids is 1. The van der Waals surface area contributed by atoms with E-state index in [9.17, 15) is 24.6 Å². The fraction of sp³-hybridized carbons (Fsp3) is 0.909. The van der Waals surface area contributed by atoms with Crippen molar-refractivity contribution in [1.82, 2.24) is 0 Å². The molecule has 1 saturated heterocycles. The summed E-state index contributed by atoms with van der Waals surface area (Å²) < 4.78 is 17.5. The Bertz CT molecular complexity index is 865. The molecule has 8 atom stereocenters. The molecule has 2 N–H and O–H groups in total. The fourth-order valence-corrected chi connectivity index (χ4v) is 6.81. The van der Waals surface area contributed by atoms with E-state index in [1.807, 2.05) is 41.5 Å². The van der Waals surface area contributed by atoms with Crippen LogP contribution in [0.1, 0.15) is 132 Å². The predicted octanol–water partition coefficient (Wildman–Crippen LogP) is 6.91. The lowest BCUT2D eigenvalue weighted by Gasteiger charge is -2.41. The highest BCUT2D eigenvalue weighted by Gasteiger charge is 2.43. The topological polar surface area (TPSA) is 119 Å². The minimum Gasteiger partial charge on any atom is -0.481 e. The van der Waals surface area contributed by atoms with Gasteiger partial charge in [0.1, 0.15) is 5.60 Å². The number of rotatable bonds is 15. The molecular formula is C33H58O8. The van der Waals surface area contributed by atoms with E-state index < -0.39 is 34.8 Å². The predicted molar refractivity (Wildman–Crippen MR) is 158 cm³/mol. The van der Waals surface area contributed by atoms with E-state index in [2.05, 4.69) is 6.92 Å². The normalized spacial score (nSPS) is 28.0. The third-order valence-electron chi connectivity index (χ3n) is 9.92. The summed E-state index contributed by atoms with van der Waals surface area (Å²) in [5.74, 6) is -1.40. The number of hydrogen-bond acceptors (Lipinski definition) is 7. The molecule has 0 radical (unpaired) electrons. The summed E-state index contributed by atoms with van der Waals surface area (Å²) in [7, 11) is 0. The van der Waals surface area contributed by atoms with Gasteiger partial charge in [-0.05, 0) is 97.3 Å². The van der Waals surface area contributed by atoms with Gasteiger partial charge in [0.25, 0.3) is 0 Å². The van der Waals surface area contributed by atoms with E-state index in [0.717, 1.165) is 32.1 Å². The maximum atomic E-state index is 13.5. The quantitative estimate of drug-likeness (QED) is 0.200. The summed E-state index contributed by atoms with van der Waals surface area (Å²) in [6.07, 6.45) is 7.25. The zero-order valence-electron chi connectivity index (χ0n) is 27.0. The molecule has 2 aliphatic rings. The highest BCUT2D eigenvalue weighted by molar-refractivity contribution is 5.77. The van der Waals surface area contributed by atoms with Crippen LogP contribution < -0.4 is 0 Å². The molecule has 0 amide bonds. The van der Waals surface area contributed by atoms with Gasteiger partial charge in [0.15, 0.2) is 0 Å². The van der Waals surface area contributed by atoms with Crippen LogP contribution in [0.5, 0.6) is 0 Å². The van der Waals surface area contributed by atoms with Crippen molar-refractivity contribution in [3.05, 3.63) is 0 Å². The first-order chi connectivity index (χ1) is 19.0. The van der Waals surface area contributed by atoms with Gasteiger partial charge in [0.2, 0.25) is 6.29 Å². The molecule has 1 saturated carbocycles. The van der Waals surface area contributed by atoms with Gasteiger partial charge in [-0.15, -0.1) is 0 Å². The van der Waals surface area contributed by atoms with Crippen molar-refractivity contribution < 1.29 is 38.8 Å². The van der Waals surface area contributed by atoms with Crippen molar-refractivity contribution >= 4 is 17.9 Å². The number of esters is 2. The number of carboxylic acid groups (broad SMARTS) is 1. The molecule has 0 aromatic carbocycles. The molecule has 41 heavy (non-hydrogen) atoms. The third kappa shape index (κ3) is 10.2. The molecule has 8 unspecified atom stereocenters. The van der Waals surface area contributed by atoms with Crippen molar-refractivity contribution in [3.63, 3.8) is 0 Å². The molecule has 1 heterocycles. The summed E-state index contributed by atoms with van der Waals surface area (Å²) in [5, 5.41) is 20.4. The Labute approximate surface area is 248 Å². The smallest absolute Gasteiger partial charge is 0.314 e. The molecular weight excluding hydrogens is 524 g/mol. The average molecular weight is 583 g/mol. The van der Waals surface area contributed by atoms with Crippen LogP contribution in [0.15, 0.2) is 0 Å². The van der Waals surface area contributed by atoms with E-state index in [1.165, 1.54) is 0 Å². The van der Waals surface area contributed by atoms with Crippen LogP contribution in [-0.4, -0.2) is 52.7 Å². The number of carbonyl (C=O) groups excluding carboxylic acids is 2. The van der Waals surface area contributed by atoms with Crippen LogP contribution in [0.3, 0.4) is 0 Å². The summed E-state index contributed by atoms with van der Waals surface area (Å²) in [6, 6.07) is 0. The van der Waals surface area contributed by atoms with E-state index in [-0.39, 0.29) is 29.7 Å². The summed E-state index contributed by atoms with van der Waals surface area (Å²) >= 11 is 0. The lowest BCUT2D eigenvalue weighted by atomic mass is 9.73. The molecule has 0 bridgehead atoms. The van der Waals surface area contributed by atoms with Crippen molar-refractivity contribution in [2.24, 2.45) is 34.5 Å². The molecule has 1 aliphatic heterocycles. The summed E-state index contributed by atoms with van der Waals surface area (Å²) in [4.78, 5) is 38.5. The van der Waals surface area contributed by atoms with Gasteiger partial charge in [0, 0.05) is 12.3 Å². The van der Waals surface area contributed by atoms with Gasteiger partial charge < -0.3 is 24.4 Å². The first-order valence-electron chi connectivity index (χ1n) is 16.0. The van der Waals surface area contributed by atoms with Gasteiger partial charge in [0.05, 0.1) is 29.5 Å². The minimum absolute atomic E-state index is 0.0173. The second-order valence-corrected chi connectivity index (χ2v) is 14.4. The van der Waals surface area contributed by atoms with E-state index in [1.54, 1.807) is 6.92 Å². The van der Waals surface area contributed by atoms with E-state index >= 15 is 0 Å². The number of aliphatic carboxylic acids is 1. The van der Waals surface area contributed by atoms with E-state index in [4.69, 9.17) is 14.2 Å². The van der Waals surface area contributed by atoms with Crippen molar-refractivity contribution in [1.29, 1.82) is 0 Å². The van der Waals surface area contributed by atoms with Crippen LogP contribution in [0.25, 0.3) is 0 Å². The largest absolute Gasteiger partial charge is 0.481 e. The van der Waals surface area contributed by atoms with Gasteiger partial charge in [-0.25, -0.2) is 0 Å². The lowest BCUT2D eigenvalue weighted by molar-refractivity contribution is -0.198. The zero-order valence-corrected chi connectivity index (χ0v) is 27.0. The van der Waals surface area contributed by atoms with Crippen molar-refractivity contribution in [3.8, 4) is 0 Å². The molecule has 8 heteroatoms. The number of carbonyl (C=O) groups is 3. The molecule has 0 spiro atoms. The monoisotopic (exact) mass is 582 g/mol. The molecule has 0 aromatic heterocycles.